The van der Waals surface area contributed by atoms with E-state index in [0.717, 1.165) is 55.8 Å². The van der Waals surface area contributed by atoms with E-state index in [4.69, 9.17) is 0 Å². The van der Waals surface area contributed by atoms with Gasteiger partial charge in [-0.3, -0.25) is 0 Å². The summed E-state index contributed by atoms with van der Waals surface area (Å²) in [5, 5.41) is 2.94. The van der Waals surface area contributed by atoms with E-state index in [1.54, 1.807) is 18.5 Å². The Labute approximate surface area is 161 Å². The quantitative estimate of drug-likeness (QED) is 0.743. The second-order valence-corrected chi connectivity index (χ2v) is 6.47. The van der Waals surface area contributed by atoms with Gasteiger partial charge in [-0.2, -0.15) is 4.98 Å². The Hall–Kier alpha value is -3.36. The topological polar surface area (TPSA) is 70.1 Å². The number of halogens is 2. The summed E-state index contributed by atoms with van der Waals surface area (Å²) in [7, 11) is 0. The van der Waals surface area contributed by atoms with Gasteiger partial charge in [-0.05, 0) is 25.1 Å². The van der Waals surface area contributed by atoms with Crippen molar-refractivity contribution in [3.63, 3.8) is 0 Å². The lowest BCUT2D eigenvalue weighted by Gasteiger charge is -2.35. The van der Waals surface area contributed by atoms with Crippen LogP contribution in [-0.4, -0.2) is 46.1 Å². The summed E-state index contributed by atoms with van der Waals surface area (Å²) < 4.78 is 26.5. The fraction of sp³-hybridized carbons (Fsp3) is 0.263. The lowest BCUT2D eigenvalue weighted by molar-refractivity contribution is 0.509. The molecule has 0 atom stereocenters. The molecule has 2 aromatic heterocycles. The Balaban J connectivity index is 1.47. The van der Waals surface area contributed by atoms with Crippen LogP contribution < -0.4 is 15.1 Å². The first kappa shape index (κ1) is 18.0. The van der Waals surface area contributed by atoms with Gasteiger partial charge in [0, 0.05) is 62.1 Å². The van der Waals surface area contributed by atoms with Gasteiger partial charge in [-0.15, -0.1) is 0 Å². The maximum atomic E-state index is 13.4. The van der Waals surface area contributed by atoms with Gasteiger partial charge in [-0.1, -0.05) is 0 Å². The molecule has 4 rings (SSSR count). The van der Waals surface area contributed by atoms with E-state index in [-0.39, 0.29) is 0 Å². The number of nitrogens with zero attached hydrogens (tertiary/aromatic N) is 6. The number of aryl methyl sites for hydroxylation is 1. The normalized spacial score (nSPS) is 14.2. The van der Waals surface area contributed by atoms with Crippen molar-refractivity contribution in [1.82, 2.24) is 19.9 Å². The number of nitrogens with one attached hydrogen (secondary N) is 1. The third-order valence-corrected chi connectivity index (χ3v) is 4.46. The first-order valence-electron chi connectivity index (χ1n) is 8.93. The zero-order valence-corrected chi connectivity index (χ0v) is 15.3. The summed E-state index contributed by atoms with van der Waals surface area (Å²) in [6, 6.07) is 7.30. The fourth-order valence-corrected chi connectivity index (χ4v) is 3.06. The van der Waals surface area contributed by atoms with Crippen LogP contribution in [0.4, 0.5) is 32.2 Å². The molecule has 1 aliphatic heterocycles. The molecule has 9 heteroatoms. The number of hydrogen-bond acceptors (Lipinski definition) is 7. The summed E-state index contributed by atoms with van der Waals surface area (Å²) in [5.41, 5.74) is 1.17. The van der Waals surface area contributed by atoms with Crippen LogP contribution in [0.25, 0.3) is 0 Å². The minimum Gasteiger partial charge on any atom is -0.353 e. The summed E-state index contributed by atoms with van der Waals surface area (Å²) >= 11 is 0. The molecule has 1 aromatic carbocycles. The highest BCUT2D eigenvalue weighted by Gasteiger charge is 2.20. The van der Waals surface area contributed by atoms with Gasteiger partial charge in [0.15, 0.2) is 11.6 Å². The van der Waals surface area contributed by atoms with Crippen LogP contribution in [0, 0.1) is 18.6 Å². The largest absolute Gasteiger partial charge is 0.353 e. The molecule has 0 bridgehead atoms. The minimum absolute atomic E-state index is 0.342. The van der Waals surface area contributed by atoms with Crippen LogP contribution >= 0.6 is 0 Å². The Morgan fingerprint density at radius 3 is 2.32 bits per heavy atom. The molecule has 28 heavy (non-hydrogen) atoms. The van der Waals surface area contributed by atoms with E-state index in [1.807, 2.05) is 13.0 Å². The monoisotopic (exact) mass is 383 g/mol. The van der Waals surface area contributed by atoms with Gasteiger partial charge in [0.1, 0.15) is 5.82 Å². The molecule has 1 saturated heterocycles. The molecule has 144 valence electrons. The Morgan fingerprint density at radius 1 is 0.893 bits per heavy atom. The van der Waals surface area contributed by atoms with Crippen molar-refractivity contribution < 1.29 is 8.78 Å². The van der Waals surface area contributed by atoms with Crippen LogP contribution in [0.15, 0.2) is 42.7 Å². The highest BCUT2D eigenvalue weighted by molar-refractivity contribution is 5.56. The van der Waals surface area contributed by atoms with Crippen LogP contribution in [-0.2, 0) is 0 Å². The molecule has 0 radical (unpaired) electrons. The molecule has 1 fully saturated rings. The lowest BCUT2D eigenvalue weighted by atomic mass is 10.3. The Morgan fingerprint density at radius 2 is 1.61 bits per heavy atom. The number of hydrogen-bond donors (Lipinski definition) is 1. The third kappa shape index (κ3) is 3.98. The van der Waals surface area contributed by atoms with Crippen LogP contribution in [0.2, 0.25) is 0 Å². The van der Waals surface area contributed by atoms with E-state index >= 15 is 0 Å². The third-order valence-electron chi connectivity index (χ3n) is 4.46. The average molecular weight is 383 g/mol. The number of anilines is 4. The van der Waals surface area contributed by atoms with E-state index in [2.05, 4.69) is 35.1 Å². The van der Waals surface area contributed by atoms with Crippen molar-refractivity contribution in [2.24, 2.45) is 0 Å². The molecule has 3 heterocycles. The molecule has 0 saturated carbocycles. The minimum atomic E-state index is -0.919. The molecule has 7 nitrogen and oxygen atoms in total. The van der Waals surface area contributed by atoms with Crippen molar-refractivity contribution in [3.05, 3.63) is 60.1 Å². The number of piperazine rings is 1. The molecule has 0 amide bonds. The van der Waals surface area contributed by atoms with E-state index in [0.29, 0.717) is 11.6 Å². The van der Waals surface area contributed by atoms with Crippen molar-refractivity contribution in [2.45, 2.75) is 6.92 Å². The van der Waals surface area contributed by atoms with Gasteiger partial charge in [-0.25, -0.2) is 23.7 Å². The number of rotatable bonds is 4. The molecule has 1 aliphatic rings. The van der Waals surface area contributed by atoms with Crippen molar-refractivity contribution in [2.75, 3.05) is 41.3 Å². The summed E-state index contributed by atoms with van der Waals surface area (Å²) in [5.74, 6) is 0.0385. The molecule has 0 aliphatic carbocycles. The van der Waals surface area contributed by atoms with E-state index in [9.17, 15) is 8.78 Å². The summed E-state index contributed by atoms with van der Waals surface area (Å²) in [6.45, 7) is 4.95. The van der Waals surface area contributed by atoms with Gasteiger partial charge in [0.25, 0.3) is 0 Å². The second-order valence-electron chi connectivity index (χ2n) is 6.47. The Bertz CT molecular complexity index is 960. The molecular formula is C19H19F2N7. The molecular weight excluding hydrogens is 364 g/mol. The van der Waals surface area contributed by atoms with Crippen LogP contribution in [0.5, 0.6) is 0 Å². The van der Waals surface area contributed by atoms with Crippen LogP contribution in [0.1, 0.15) is 5.69 Å². The maximum absolute atomic E-state index is 13.4. The predicted octanol–water partition coefficient (Wildman–Crippen LogP) is 2.92. The van der Waals surface area contributed by atoms with E-state index in [1.165, 1.54) is 6.07 Å². The maximum Gasteiger partial charge on any atom is 0.229 e. The summed E-state index contributed by atoms with van der Waals surface area (Å²) in [6.07, 6.45) is 3.47. The fourth-order valence-electron chi connectivity index (χ4n) is 3.06. The molecule has 3 aromatic rings. The zero-order chi connectivity index (χ0) is 19.5. The van der Waals surface area contributed by atoms with Gasteiger partial charge in [0.05, 0.1) is 0 Å². The van der Waals surface area contributed by atoms with Gasteiger partial charge < -0.3 is 15.1 Å². The van der Waals surface area contributed by atoms with E-state index < -0.39 is 11.6 Å². The molecule has 0 spiro atoms. The van der Waals surface area contributed by atoms with Crippen molar-refractivity contribution >= 4 is 23.4 Å². The zero-order valence-electron chi connectivity index (χ0n) is 15.3. The predicted molar refractivity (Wildman–Crippen MR) is 103 cm³/mol. The Kier molecular flexibility index (Phi) is 4.96. The lowest BCUT2D eigenvalue weighted by Crippen LogP contribution is -2.47. The second kappa shape index (κ2) is 7.71. The average Bonchev–Trinajstić information content (AvgIpc) is 2.71. The first-order valence-corrected chi connectivity index (χ1v) is 8.93. The first-order chi connectivity index (χ1) is 13.6. The van der Waals surface area contributed by atoms with Crippen molar-refractivity contribution in [1.29, 1.82) is 0 Å². The highest BCUT2D eigenvalue weighted by atomic mass is 19.2. The van der Waals surface area contributed by atoms with Crippen molar-refractivity contribution in [3.8, 4) is 0 Å². The molecule has 0 unspecified atom stereocenters. The van der Waals surface area contributed by atoms with Gasteiger partial charge in [0.2, 0.25) is 11.9 Å². The van der Waals surface area contributed by atoms with Crippen LogP contribution in [0.3, 0.4) is 0 Å². The smallest absolute Gasteiger partial charge is 0.229 e. The highest BCUT2D eigenvalue weighted by Crippen LogP contribution is 2.21. The summed E-state index contributed by atoms with van der Waals surface area (Å²) in [4.78, 5) is 21.8. The number of benzene rings is 1. The number of aromatic nitrogens is 4. The van der Waals surface area contributed by atoms with Gasteiger partial charge >= 0.3 is 0 Å². The molecule has 1 N–H and O–H groups in total. The standard InChI is InChI=1S/C19H19F2N7/c1-13-11-17(26-18(24-13)25-14-3-4-15(20)16(21)12-14)27-7-9-28(10-8-27)19-22-5-2-6-23-19/h2-6,11-12H,7-10H2,1H3,(H,24,25,26). The SMILES string of the molecule is Cc1cc(N2CCN(c3ncccn3)CC2)nc(Nc2ccc(F)c(F)c2)n1.